The number of amides is 2. The Morgan fingerprint density at radius 2 is 1.78 bits per heavy atom. The number of nitrogens with zero attached hydrogens (tertiary/aromatic N) is 3. The lowest BCUT2D eigenvalue weighted by Gasteiger charge is -2.28. The second kappa shape index (κ2) is 10.8. The molecule has 2 aromatic carbocycles. The number of nitrogens with one attached hydrogen (secondary N) is 2. The van der Waals surface area contributed by atoms with Crippen LogP contribution in [0.2, 0.25) is 0 Å². The Balaban J connectivity index is 1.28. The first kappa shape index (κ1) is 21.9. The second-order valence-corrected chi connectivity index (χ2v) is 8.13. The molecule has 4 rings (SSSR count). The number of hydrogen-bond acceptors (Lipinski definition) is 4. The molecule has 32 heavy (non-hydrogen) atoms. The molecule has 0 aliphatic carbocycles. The van der Waals surface area contributed by atoms with Gasteiger partial charge in [-0.2, -0.15) is 5.10 Å². The molecule has 7 heteroatoms. The van der Waals surface area contributed by atoms with Crippen molar-refractivity contribution in [1.29, 1.82) is 0 Å². The molecule has 7 nitrogen and oxygen atoms in total. The minimum Gasteiger partial charge on any atom is -0.497 e. The van der Waals surface area contributed by atoms with Crippen LogP contribution in [0.4, 0.5) is 4.79 Å². The molecule has 2 heterocycles. The summed E-state index contributed by atoms with van der Waals surface area (Å²) in [5.41, 5.74) is 3.36. The van der Waals surface area contributed by atoms with Gasteiger partial charge in [-0.1, -0.05) is 42.5 Å². The van der Waals surface area contributed by atoms with Gasteiger partial charge >= 0.3 is 6.03 Å². The van der Waals surface area contributed by atoms with Crippen LogP contribution in [0.1, 0.15) is 35.6 Å². The van der Waals surface area contributed by atoms with E-state index in [1.165, 1.54) is 24.0 Å². The van der Waals surface area contributed by atoms with Crippen molar-refractivity contribution < 1.29 is 9.53 Å². The summed E-state index contributed by atoms with van der Waals surface area (Å²) in [6, 6.07) is 18.3. The zero-order valence-electron chi connectivity index (χ0n) is 18.5. The summed E-state index contributed by atoms with van der Waals surface area (Å²) < 4.78 is 7.17. The number of aromatic nitrogens is 2. The minimum absolute atomic E-state index is 0.155. The lowest BCUT2D eigenvalue weighted by Crippen LogP contribution is -2.41. The molecule has 0 saturated carbocycles. The van der Waals surface area contributed by atoms with Crippen LogP contribution < -0.4 is 15.4 Å². The third-order valence-electron chi connectivity index (χ3n) is 5.87. The van der Waals surface area contributed by atoms with Crippen LogP contribution in [0.15, 0.2) is 67.0 Å². The van der Waals surface area contributed by atoms with E-state index < -0.39 is 0 Å². The van der Waals surface area contributed by atoms with Gasteiger partial charge in [0.05, 0.1) is 25.9 Å². The van der Waals surface area contributed by atoms with Crippen LogP contribution in [0.3, 0.4) is 0 Å². The van der Waals surface area contributed by atoms with Crippen molar-refractivity contribution in [2.75, 3.05) is 26.7 Å². The Bertz CT molecular complexity index is 981. The molecule has 3 aromatic rings. The van der Waals surface area contributed by atoms with Gasteiger partial charge in [-0.3, -0.25) is 9.58 Å². The van der Waals surface area contributed by atoms with Crippen LogP contribution in [-0.4, -0.2) is 47.5 Å². The first-order chi connectivity index (χ1) is 15.7. The number of methoxy groups -OCH3 is 1. The summed E-state index contributed by atoms with van der Waals surface area (Å²) in [5, 5.41) is 10.4. The number of likely N-dealkylation sites (tertiary alicyclic amines) is 1. The van der Waals surface area contributed by atoms with E-state index in [0.29, 0.717) is 19.6 Å². The quantitative estimate of drug-likeness (QED) is 0.541. The highest BCUT2D eigenvalue weighted by molar-refractivity contribution is 5.73. The average molecular weight is 434 g/mol. The molecule has 168 valence electrons. The highest BCUT2D eigenvalue weighted by Crippen LogP contribution is 2.26. The minimum atomic E-state index is -0.168. The van der Waals surface area contributed by atoms with Crippen molar-refractivity contribution in [3.8, 4) is 5.75 Å². The molecule has 1 unspecified atom stereocenters. The van der Waals surface area contributed by atoms with Crippen molar-refractivity contribution >= 4 is 6.03 Å². The van der Waals surface area contributed by atoms with Crippen LogP contribution >= 0.6 is 0 Å². The fourth-order valence-corrected chi connectivity index (χ4v) is 4.13. The van der Waals surface area contributed by atoms with E-state index in [-0.39, 0.29) is 12.1 Å². The van der Waals surface area contributed by atoms with Crippen molar-refractivity contribution in [2.24, 2.45) is 0 Å². The van der Waals surface area contributed by atoms with Crippen molar-refractivity contribution in [2.45, 2.75) is 32.0 Å². The fraction of sp³-hybridized carbons (Fsp3) is 0.360. The fourth-order valence-electron chi connectivity index (χ4n) is 4.13. The third-order valence-corrected chi connectivity index (χ3v) is 5.87. The molecule has 0 spiro atoms. The predicted octanol–water partition coefficient (Wildman–Crippen LogP) is 3.58. The Morgan fingerprint density at radius 1 is 1.03 bits per heavy atom. The molecule has 1 aromatic heterocycles. The zero-order chi connectivity index (χ0) is 22.2. The number of hydrogen-bond donors (Lipinski definition) is 2. The maximum atomic E-state index is 12.5. The monoisotopic (exact) mass is 433 g/mol. The number of benzene rings is 2. The van der Waals surface area contributed by atoms with Gasteiger partial charge in [0.1, 0.15) is 5.75 Å². The smallest absolute Gasteiger partial charge is 0.315 e. The Kier molecular flexibility index (Phi) is 7.40. The van der Waals surface area contributed by atoms with Gasteiger partial charge in [0.25, 0.3) is 0 Å². The van der Waals surface area contributed by atoms with Crippen LogP contribution in [-0.2, 0) is 13.1 Å². The van der Waals surface area contributed by atoms with E-state index >= 15 is 0 Å². The van der Waals surface area contributed by atoms with E-state index in [2.05, 4.69) is 44.9 Å². The van der Waals surface area contributed by atoms with Crippen molar-refractivity contribution in [3.63, 3.8) is 0 Å². The molecule has 1 aliphatic heterocycles. The van der Waals surface area contributed by atoms with E-state index in [1.807, 2.05) is 41.2 Å². The molecular weight excluding hydrogens is 402 g/mol. The lowest BCUT2D eigenvalue weighted by molar-refractivity contribution is 0.220. The molecule has 1 aliphatic rings. The van der Waals surface area contributed by atoms with Crippen LogP contribution in [0.5, 0.6) is 5.75 Å². The molecule has 1 atom stereocenters. The molecule has 2 N–H and O–H groups in total. The molecule has 0 bridgehead atoms. The highest BCUT2D eigenvalue weighted by atomic mass is 16.5. The largest absolute Gasteiger partial charge is 0.497 e. The van der Waals surface area contributed by atoms with E-state index in [4.69, 9.17) is 4.74 Å². The van der Waals surface area contributed by atoms with E-state index in [0.717, 1.165) is 24.4 Å². The first-order valence-electron chi connectivity index (χ1n) is 11.2. The Labute approximate surface area is 189 Å². The van der Waals surface area contributed by atoms with Crippen molar-refractivity contribution in [3.05, 3.63) is 83.7 Å². The summed E-state index contributed by atoms with van der Waals surface area (Å²) in [6.07, 6.45) is 6.17. The van der Waals surface area contributed by atoms with E-state index in [1.54, 1.807) is 13.3 Å². The maximum Gasteiger partial charge on any atom is 0.315 e. The first-order valence-corrected chi connectivity index (χ1v) is 11.2. The molecule has 0 radical (unpaired) electrons. The number of carbonyl (C=O) groups is 1. The molecular formula is C25H31N5O2. The highest BCUT2D eigenvalue weighted by Gasteiger charge is 2.24. The van der Waals surface area contributed by atoms with Crippen molar-refractivity contribution in [1.82, 2.24) is 25.3 Å². The summed E-state index contributed by atoms with van der Waals surface area (Å²) in [5.74, 6) is 0.840. The summed E-state index contributed by atoms with van der Waals surface area (Å²) >= 11 is 0. The van der Waals surface area contributed by atoms with Gasteiger partial charge in [0, 0.05) is 24.8 Å². The Hall–Kier alpha value is -3.32. The summed E-state index contributed by atoms with van der Waals surface area (Å²) in [4.78, 5) is 14.9. The number of rotatable bonds is 9. The van der Waals surface area contributed by atoms with Gasteiger partial charge in [0.2, 0.25) is 0 Å². The molecule has 1 saturated heterocycles. The maximum absolute atomic E-state index is 12.5. The molecule has 2 amide bonds. The third kappa shape index (κ3) is 5.88. The SMILES string of the molecule is COc1ccc(C(CNC(=O)NCc2cnn(Cc3ccccc3)c2)N2CCCC2)cc1. The van der Waals surface area contributed by atoms with E-state index in [9.17, 15) is 4.79 Å². The Morgan fingerprint density at radius 3 is 2.50 bits per heavy atom. The van der Waals surface area contributed by atoms with Gasteiger partial charge in [-0.15, -0.1) is 0 Å². The zero-order valence-corrected chi connectivity index (χ0v) is 18.5. The van der Waals surface area contributed by atoms with Crippen LogP contribution in [0, 0.1) is 0 Å². The normalized spacial score (nSPS) is 14.8. The average Bonchev–Trinajstić information content (AvgIpc) is 3.52. The number of ether oxygens (including phenoxy) is 1. The second-order valence-electron chi connectivity index (χ2n) is 8.13. The lowest BCUT2D eigenvalue weighted by atomic mass is 10.1. The summed E-state index contributed by atoms with van der Waals surface area (Å²) in [7, 11) is 1.67. The number of urea groups is 1. The standard InChI is InChI=1S/C25H31N5O2/c1-32-23-11-9-22(10-12-23)24(29-13-5-6-14-29)17-27-25(31)26-15-21-16-28-30(19-21)18-20-7-3-2-4-8-20/h2-4,7-12,16,19,24H,5-6,13-15,17-18H2,1H3,(H2,26,27,31). The van der Waals surface area contributed by atoms with Gasteiger partial charge in [-0.05, 0) is 49.2 Å². The summed E-state index contributed by atoms with van der Waals surface area (Å²) in [6.45, 7) is 3.83. The van der Waals surface area contributed by atoms with Gasteiger partial charge < -0.3 is 15.4 Å². The topological polar surface area (TPSA) is 71.4 Å². The predicted molar refractivity (Wildman–Crippen MR) is 125 cm³/mol. The van der Waals surface area contributed by atoms with Crippen LogP contribution in [0.25, 0.3) is 0 Å². The number of carbonyl (C=O) groups excluding carboxylic acids is 1. The van der Waals surface area contributed by atoms with Gasteiger partial charge in [0.15, 0.2) is 0 Å². The molecule has 1 fully saturated rings. The van der Waals surface area contributed by atoms with Gasteiger partial charge in [-0.25, -0.2) is 4.79 Å².